The lowest BCUT2D eigenvalue weighted by molar-refractivity contribution is 0.339. The van der Waals surface area contributed by atoms with Crippen LogP contribution >= 0.6 is 0 Å². The van der Waals surface area contributed by atoms with Crippen LogP contribution in [0.3, 0.4) is 0 Å². The lowest BCUT2D eigenvalue weighted by Gasteiger charge is -2.13. The van der Waals surface area contributed by atoms with Crippen LogP contribution in [0.4, 0.5) is 0 Å². The molecular formula is C13H17N. The summed E-state index contributed by atoms with van der Waals surface area (Å²) in [5, 5.41) is 0. The van der Waals surface area contributed by atoms with Gasteiger partial charge in [0.05, 0.1) is 0 Å². The van der Waals surface area contributed by atoms with Crippen LogP contribution in [0.15, 0.2) is 24.3 Å². The predicted molar refractivity (Wildman–Crippen MR) is 58.5 cm³/mol. The summed E-state index contributed by atoms with van der Waals surface area (Å²) in [4.78, 5) is 2.59. The molecule has 0 bridgehead atoms. The Morgan fingerprint density at radius 3 is 3.00 bits per heavy atom. The molecule has 0 saturated carbocycles. The van der Waals surface area contributed by atoms with Crippen molar-refractivity contribution in [2.45, 2.75) is 19.3 Å². The van der Waals surface area contributed by atoms with Crippen LogP contribution in [0, 0.1) is 5.92 Å². The molecule has 1 aliphatic heterocycles. The normalized spacial score (nSPS) is 30.4. The quantitative estimate of drug-likeness (QED) is 0.652. The minimum Gasteiger partial charge on any atom is -0.303 e. The van der Waals surface area contributed by atoms with E-state index in [1.807, 2.05) is 0 Å². The van der Waals surface area contributed by atoms with Crippen molar-refractivity contribution in [3.8, 4) is 0 Å². The van der Waals surface area contributed by atoms with E-state index in [2.05, 4.69) is 36.1 Å². The van der Waals surface area contributed by atoms with Gasteiger partial charge in [-0.2, -0.15) is 0 Å². The number of fused-ring (bicyclic) bond motifs is 3. The maximum Gasteiger partial charge on any atom is 0.00536 e. The Morgan fingerprint density at radius 1 is 1.29 bits per heavy atom. The zero-order valence-corrected chi connectivity index (χ0v) is 8.74. The van der Waals surface area contributed by atoms with Gasteiger partial charge in [-0.05, 0) is 30.0 Å². The van der Waals surface area contributed by atoms with Crippen LogP contribution in [0.25, 0.3) is 0 Å². The Labute approximate surface area is 85.7 Å². The molecule has 1 aromatic carbocycles. The molecular weight excluding hydrogens is 170 g/mol. The van der Waals surface area contributed by atoms with Crippen molar-refractivity contribution in [1.82, 2.24) is 4.90 Å². The van der Waals surface area contributed by atoms with Crippen molar-refractivity contribution in [2.24, 2.45) is 5.92 Å². The Kier molecular flexibility index (Phi) is 1.88. The fourth-order valence-corrected chi connectivity index (χ4v) is 3.14. The Morgan fingerprint density at radius 2 is 2.14 bits per heavy atom. The van der Waals surface area contributed by atoms with Crippen molar-refractivity contribution in [2.75, 3.05) is 19.6 Å². The SMILES string of the molecule is CCN1CC2Cc3ccccc3C2C1. The summed E-state index contributed by atoms with van der Waals surface area (Å²) in [6.45, 7) is 6.09. The second kappa shape index (κ2) is 3.09. The van der Waals surface area contributed by atoms with Gasteiger partial charge in [0.1, 0.15) is 0 Å². The number of hydrogen-bond donors (Lipinski definition) is 0. The molecule has 1 heteroatoms. The van der Waals surface area contributed by atoms with Crippen LogP contribution in [0.5, 0.6) is 0 Å². The topological polar surface area (TPSA) is 3.24 Å². The molecule has 14 heavy (non-hydrogen) atoms. The molecule has 0 N–H and O–H groups in total. The molecule has 1 heterocycles. The van der Waals surface area contributed by atoms with Crippen molar-refractivity contribution < 1.29 is 0 Å². The summed E-state index contributed by atoms with van der Waals surface area (Å²) >= 11 is 0. The van der Waals surface area contributed by atoms with Gasteiger partial charge in [0.15, 0.2) is 0 Å². The molecule has 3 rings (SSSR count). The van der Waals surface area contributed by atoms with Crippen molar-refractivity contribution in [1.29, 1.82) is 0 Å². The van der Waals surface area contributed by atoms with Crippen LogP contribution in [-0.4, -0.2) is 24.5 Å². The molecule has 2 atom stereocenters. The summed E-state index contributed by atoms with van der Waals surface area (Å²) < 4.78 is 0. The van der Waals surface area contributed by atoms with Gasteiger partial charge in [0, 0.05) is 19.0 Å². The molecule has 1 nitrogen and oxygen atoms in total. The van der Waals surface area contributed by atoms with E-state index in [9.17, 15) is 0 Å². The number of nitrogens with zero attached hydrogens (tertiary/aromatic N) is 1. The first-order chi connectivity index (χ1) is 6.88. The highest BCUT2D eigenvalue weighted by molar-refractivity contribution is 5.37. The van der Waals surface area contributed by atoms with Gasteiger partial charge in [0.25, 0.3) is 0 Å². The second-order valence-electron chi connectivity index (χ2n) is 4.62. The van der Waals surface area contributed by atoms with Gasteiger partial charge < -0.3 is 4.90 Å². The average molecular weight is 187 g/mol. The monoisotopic (exact) mass is 187 g/mol. The predicted octanol–water partition coefficient (Wildman–Crippen LogP) is 2.28. The fraction of sp³-hybridized carbons (Fsp3) is 0.538. The van der Waals surface area contributed by atoms with E-state index >= 15 is 0 Å². The fourth-order valence-electron chi connectivity index (χ4n) is 3.14. The van der Waals surface area contributed by atoms with Crippen LogP contribution in [-0.2, 0) is 6.42 Å². The Balaban J connectivity index is 1.92. The highest BCUT2D eigenvalue weighted by Crippen LogP contribution is 2.42. The minimum absolute atomic E-state index is 0.839. The van der Waals surface area contributed by atoms with E-state index in [4.69, 9.17) is 0 Å². The van der Waals surface area contributed by atoms with Crippen molar-refractivity contribution in [3.05, 3.63) is 35.4 Å². The van der Waals surface area contributed by atoms with Gasteiger partial charge in [-0.3, -0.25) is 0 Å². The number of benzene rings is 1. The van der Waals surface area contributed by atoms with E-state index < -0.39 is 0 Å². The summed E-state index contributed by atoms with van der Waals surface area (Å²) in [5.74, 6) is 1.75. The number of likely N-dealkylation sites (tertiary alicyclic amines) is 1. The maximum atomic E-state index is 2.59. The van der Waals surface area contributed by atoms with E-state index in [0.717, 1.165) is 11.8 Å². The first kappa shape index (κ1) is 8.49. The summed E-state index contributed by atoms with van der Waals surface area (Å²) in [6, 6.07) is 9.01. The molecule has 1 aliphatic carbocycles. The molecule has 2 unspecified atom stereocenters. The van der Waals surface area contributed by atoms with Gasteiger partial charge in [-0.1, -0.05) is 31.2 Å². The lowest BCUT2D eigenvalue weighted by Crippen LogP contribution is -2.21. The van der Waals surface area contributed by atoms with E-state index in [-0.39, 0.29) is 0 Å². The standard InChI is InChI=1S/C13H17N/c1-2-14-8-11-7-10-5-3-4-6-12(10)13(11)9-14/h3-6,11,13H,2,7-9H2,1H3. The van der Waals surface area contributed by atoms with Gasteiger partial charge in [-0.25, -0.2) is 0 Å². The van der Waals surface area contributed by atoms with Crippen LogP contribution in [0.1, 0.15) is 24.0 Å². The maximum absolute atomic E-state index is 2.59. The molecule has 0 amide bonds. The molecule has 2 aliphatic rings. The molecule has 1 saturated heterocycles. The zero-order chi connectivity index (χ0) is 9.54. The highest BCUT2D eigenvalue weighted by atomic mass is 15.1. The Hall–Kier alpha value is -0.820. The number of rotatable bonds is 1. The molecule has 0 radical (unpaired) electrons. The minimum atomic E-state index is 0.839. The average Bonchev–Trinajstić information content (AvgIpc) is 2.73. The summed E-state index contributed by atoms with van der Waals surface area (Å²) in [7, 11) is 0. The van der Waals surface area contributed by atoms with E-state index in [1.54, 1.807) is 11.1 Å². The molecule has 1 aromatic rings. The largest absolute Gasteiger partial charge is 0.303 e. The van der Waals surface area contributed by atoms with Crippen LogP contribution in [0.2, 0.25) is 0 Å². The second-order valence-corrected chi connectivity index (χ2v) is 4.62. The summed E-state index contributed by atoms with van der Waals surface area (Å²) in [5.41, 5.74) is 3.24. The number of hydrogen-bond acceptors (Lipinski definition) is 1. The molecule has 1 fully saturated rings. The zero-order valence-electron chi connectivity index (χ0n) is 8.74. The van der Waals surface area contributed by atoms with Gasteiger partial charge >= 0.3 is 0 Å². The smallest absolute Gasteiger partial charge is 0.00536 e. The van der Waals surface area contributed by atoms with Gasteiger partial charge in [-0.15, -0.1) is 0 Å². The van der Waals surface area contributed by atoms with Crippen molar-refractivity contribution in [3.63, 3.8) is 0 Å². The molecule has 0 aromatic heterocycles. The van der Waals surface area contributed by atoms with Crippen LogP contribution < -0.4 is 0 Å². The van der Waals surface area contributed by atoms with Crippen molar-refractivity contribution >= 4 is 0 Å². The Bertz CT molecular complexity index is 345. The molecule has 0 spiro atoms. The lowest BCUT2D eigenvalue weighted by atomic mass is 9.97. The van der Waals surface area contributed by atoms with E-state index in [0.29, 0.717) is 0 Å². The third kappa shape index (κ3) is 1.12. The highest BCUT2D eigenvalue weighted by Gasteiger charge is 2.38. The summed E-state index contributed by atoms with van der Waals surface area (Å²) in [6.07, 6.45) is 1.32. The van der Waals surface area contributed by atoms with E-state index in [1.165, 1.54) is 26.1 Å². The number of likely N-dealkylation sites (N-methyl/N-ethyl adjacent to an activating group) is 1. The first-order valence-corrected chi connectivity index (χ1v) is 5.68. The third-order valence-corrected chi connectivity index (χ3v) is 3.90. The third-order valence-electron chi connectivity index (χ3n) is 3.90. The first-order valence-electron chi connectivity index (χ1n) is 5.68. The molecule has 74 valence electrons. The van der Waals surface area contributed by atoms with Gasteiger partial charge in [0.2, 0.25) is 0 Å².